The molecule has 2 aromatic carbocycles. The van der Waals surface area contributed by atoms with Gasteiger partial charge in [-0.2, -0.15) is 5.26 Å². The third-order valence-corrected chi connectivity index (χ3v) is 4.98. The predicted molar refractivity (Wildman–Crippen MR) is 87.5 cm³/mol. The highest BCUT2D eigenvalue weighted by molar-refractivity contribution is 8.03. The number of benzene rings is 2. The number of thiocyanates is 1. The second-order valence-corrected chi connectivity index (χ2v) is 6.30. The summed E-state index contributed by atoms with van der Waals surface area (Å²) in [6.45, 7) is 0. The topological polar surface area (TPSA) is 41.1 Å². The van der Waals surface area contributed by atoms with Crippen molar-refractivity contribution in [1.82, 2.24) is 9.38 Å². The number of nitrogens with zero attached hydrogens (tertiary/aromatic N) is 3. The molecule has 0 aliphatic heterocycles. The molecule has 4 rings (SSSR count). The summed E-state index contributed by atoms with van der Waals surface area (Å²) in [7, 11) is 0. The molecule has 0 radical (unpaired) electrons. The minimum absolute atomic E-state index is 0.874. The number of nitriles is 1. The van der Waals surface area contributed by atoms with E-state index in [4.69, 9.17) is 10.2 Å². The van der Waals surface area contributed by atoms with Gasteiger partial charge in [0.1, 0.15) is 16.1 Å². The van der Waals surface area contributed by atoms with Gasteiger partial charge in [0.25, 0.3) is 0 Å². The lowest BCUT2D eigenvalue weighted by Crippen LogP contribution is -1.84. The molecule has 0 spiro atoms. The standard InChI is InChI=1S/C16H9N3S2/c17-10-20-15-14(11-6-2-1-3-7-11)18-16-19(15)12-8-4-5-9-13(12)21-16/h1-9H. The molecular formula is C16H9N3S2. The highest BCUT2D eigenvalue weighted by atomic mass is 32.2. The van der Waals surface area contributed by atoms with Gasteiger partial charge in [-0.05, 0) is 12.1 Å². The molecule has 0 saturated carbocycles. The zero-order valence-electron chi connectivity index (χ0n) is 10.9. The van der Waals surface area contributed by atoms with Gasteiger partial charge in [-0.25, -0.2) is 4.98 Å². The maximum Gasteiger partial charge on any atom is 0.196 e. The SMILES string of the molecule is N#CSc1c(-c2ccccc2)nc2sc3ccccc3n12. The molecule has 0 N–H and O–H groups in total. The Hall–Kier alpha value is -2.29. The predicted octanol–water partition coefficient (Wildman–Crippen LogP) is 4.79. The third kappa shape index (κ3) is 1.92. The van der Waals surface area contributed by atoms with Crippen LogP contribution in [0.15, 0.2) is 59.6 Å². The number of fused-ring (bicyclic) bond motifs is 3. The number of hydrogen-bond donors (Lipinski definition) is 0. The Balaban J connectivity index is 2.09. The zero-order valence-corrected chi connectivity index (χ0v) is 12.5. The highest BCUT2D eigenvalue weighted by Crippen LogP contribution is 2.37. The van der Waals surface area contributed by atoms with Crippen molar-refractivity contribution in [3.05, 3.63) is 54.6 Å². The lowest BCUT2D eigenvalue weighted by Gasteiger charge is -2.00. The van der Waals surface area contributed by atoms with Gasteiger partial charge in [-0.3, -0.25) is 4.40 Å². The first-order valence-corrected chi connectivity index (χ1v) is 8.03. The van der Waals surface area contributed by atoms with Gasteiger partial charge >= 0.3 is 0 Å². The van der Waals surface area contributed by atoms with Gasteiger partial charge < -0.3 is 0 Å². The van der Waals surface area contributed by atoms with E-state index in [-0.39, 0.29) is 0 Å². The molecule has 0 saturated heterocycles. The van der Waals surface area contributed by atoms with Crippen LogP contribution in [-0.4, -0.2) is 9.38 Å². The van der Waals surface area contributed by atoms with Crippen molar-refractivity contribution in [2.24, 2.45) is 0 Å². The van der Waals surface area contributed by atoms with Crippen LogP contribution < -0.4 is 0 Å². The van der Waals surface area contributed by atoms with E-state index in [0.29, 0.717) is 0 Å². The van der Waals surface area contributed by atoms with Crippen molar-refractivity contribution >= 4 is 38.3 Å². The van der Waals surface area contributed by atoms with Gasteiger partial charge in [0.15, 0.2) is 4.96 Å². The Labute approximate surface area is 129 Å². The maximum absolute atomic E-state index is 9.15. The summed E-state index contributed by atoms with van der Waals surface area (Å²) in [5.41, 5.74) is 3.01. The number of rotatable bonds is 2. The summed E-state index contributed by atoms with van der Waals surface area (Å²) < 4.78 is 3.26. The smallest absolute Gasteiger partial charge is 0.196 e. The van der Waals surface area contributed by atoms with Gasteiger partial charge in [0, 0.05) is 17.3 Å². The summed E-state index contributed by atoms with van der Waals surface area (Å²) in [6.07, 6.45) is 0. The fraction of sp³-hybridized carbons (Fsp3) is 0. The van der Waals surface area contributed by atoms with Gasteiger partial charge in [0.05, 0.1) is 10.2 Å². The summed E-state index contributed by atoms with van der Waals surface area (Å²) in [4.78, 5) is 5.67. The Morgan fingerprint density at radius 2 is 1.81 bits per heavy atom. The minimum Gasteiger partial charge on any atom is -0.276 e. The molecule has 4 aromatic rings. The summed E-state index contributed by atoms with van der Waals surface area (Å²) in [5.74, 6) is 0. The van der Waals surface area contributed by atoms with E-state index in [9.17, 15) is 0 Å². The van der Waals surface area contributed by atoms with E-state index in [1.54, 1.807) is 11.3 Å². The summed E-state index contributed by atoms with van der Waals surface area (Å²) >= 11 is 2.81. The molecule has 21 heavy (non-hydrogen) atoms. The minimum atomic E-state index is 0.874. The largest absolute Gasteiger partial charge is 0.276 e. The van der Waals surface area contributed by atoms with Crippen LogP contribution >= 0.6 is 23.1 Å². The molecule has 0 aliphatic rings. The fourth-order valence-electron chi connectivity index (χ4n) is 2.41. The van der Waals surface area contributed by atoms with E-state index in [1.807, 2.05) is 42.5 Å². The molecule has 0 atom stereocenters. The van der Waals surface area contributed by atoms with E-state index in [0.717, 1.165) is 26.8 Å². The van der Waals surface area contributed by atoms with E-state index in [2.05, 4.69) is 21.9 Å². The van der Waals surface area contributed by atoms with Crippen LogP contribution in [0, 0.1) is 10.7 Å². The lowest BCUT2D eigenvalue weighted by molar-refractivity contribution is 1.13. The van der Waals surface area contributed by atoms with Crippen LogP contribution in [0.3, 0.4) is 0 Å². The molecular weight excluding hydrogens is 298 g/mol. The van der Waals surface area contributed by atoms with Crippen LogP contribution in [0.2, 0.25) is 0 Å². The number of aromatic nitrogens is 2. The molecule has 3 nitrogen and oxygen atoms in total. The number of hydrogen-bond acceptors (Lipinski definition) is 4. The second-order valence-electron chi connectivity index (χ2n) is 4.51. The van der Waals surface area contributed by atoms with Crippen molar-refractivity contribution in [2.45, 2.75) is 5.03 Å². The molecule has 0 fully saturated rings. The van der Waals surface area contributed by atoms with Crippen molar-refractivity contribution in [3.63, 3.8) is 0 Å². The molecule has 0 amide bonds. The first-order valence-electron chi connectivity index (χ1n) is 6.40. The molecule has 5 heteroatoms. The van der Waals surface area contributed by atoms with E-state index in [1.165, 1.54) is 16.5 Å². The second kappa shape index (κ2) is 4.92. The Morgan fingerprint density at radius 1 is 1.05 bits per heavy atom. The fourth-order valence-corrected chi connectivity index (χ4v) is 4.12. The molecule has 2 aromatic heterocycles. The van der Waals surface area contributed by atoms with Crippen LogP contribution in [0.25, 0.3) is 26.4 Å². The molecule has 0 unspecified atom stereocenters. The first kappa shape index (κ1) is 12.5. The van der Waals surface area contributed by atoms with E-state index >= 15 is 0 Å². The number of thiazole rings is 1. The Bertz CT molecular complexity index is 977. The van der Waals surface area contributed by atoms with Crippen LogP contribution in [0.4, 0.5) is 0 Å². The normalized spacial score (nSPS) is 11.0. The van der Waals surface area contributed by atoms with Crippen LogP contribution in [0.5, 0.6) is 0 Å². The molecule has 2 heterocycles. The lowest BCUT2D eigenvalue weighted by atomic mass is 10.2. The highest BCUT2D eigenvalue weighted by Gasteiger charge is 2.18. The Morgan fingerprint density at radius 3 is 2.62 bits per heavy atom. The molecule has 0 bridgehead atoms. The number of thioether (sulfide) groups is 1. The molecule has 0 aliphatic carbocycles. The monoisotopic (exact) mass is 307 g/mol. The van der Waals surface area contributed by atoms with Crippen molar-refractivity contribution < 1.29 is 0 Å². The summed E-state index contributed by atoms with van der Waals surface area (Å²) in [5, 5.41) is 12.2. The number of imidazole rings is 1. The van der Waals surface area contributed by atoms with Crippen molar-refractivity contribution in [3.8, 4) is 16.7 Å². The van der Waals surface area contributed by atoms with E-state index < -0.39 is 0 Å². The average molecular weight is 307 g/mol. The molecule has 100 valence electrons. The van der Waals surface area contributed by atoms with Crippen molar-refractivity contribution in [2.75, 3.05) is 0 Å². The van der Waals surface area contributed by atoms with Gasteiger partial charge in [-0.15, -0.1) is 0 Å². The number of para-hydroxylation sites is 1. The zero-order chi connectivity index (χ0) is 14.2. The quantitative estimate of drug-likeness (QED) is 0.395. The third-order valence-electron chi connectivity index (χ3n) is 3.30. The first-order chi connectivity index (χ1) is 10.4. The van der Waals surface area contributed by atoms with Gasteiger partial charge in [0.2, 0.25) is 0 Å². The maximum atomic E-state index is 9.15. The average Bonchev–Trinajstić information content (AvgIpc) is 3.05. The van der Waals surface area contributed by atoms with Crippen LogP contribution in [-0.2, 0) is 0 Å². The summed E-state index contributed by atoms with van der Waals surface area (Å²) in [6, 6.07) is 18.2. The van der Waals surface area contributed by atoms with Gasteiger partial charge in [-0.1, -0.05) is 53.8 Å². The van der Waals surface area contributed by atoms with Crippen LogP contribution in [0.1, 0.15) is 0 Å². The Kier molecular flexibility index (Phi) is 2.92. The van der Waals surface area contributed by atoms with Crippen molar-refractivity contribution in [1.29, 1.82) is 5.26 Å².